The van der Waals surface area contributed by atoms with Crippen LogP contribution in [0.4, 0.5) is 0 Å². The molecular formula is C32H52O2S. The van der Waals surface area contributed by atoms with Gasteiger partial charge in [-0.1, -0.05) is 83.1 Å². The van der Waals surface area contributed by atoms with Gasteiger partial charge in [0.1, 0.15) is 0 Å². The average molecular weight is 501 g/mol. The van der Waals surface area contributed by atoms with Gasteiger partial charge in [0, 0.05) is 16.6 Å². The van der Waals surface area contributed by atoms with E-state index < -0.39 is 10.8 Å². The largest absolute Gasteiger partial charge is 0.393 e. The van der Waals surface area contributed by atoms with E-state index in [-0.39, 0.29) is 10.9 Å². The third-order valence-electron chi connectivity index (χ3n) is 9.44. The Morgan fingerprint density at radius 2 is 1.89 bits per heavy atom. The molecule has 0 bridgehead atoms. The van der Waals surface area contributed by atoms with Gasteiger partial charge in [0.05, 0.1) is 10.9 Å². The van der Waals surface area contributed by atoms with Gasteiger partial charge in [0.2, 0.25) is 0 Å². The first-order valence-electron chi connectivity index (χ1n) is 14.6. The molecule has 6 atom stereocenters. The predicted octanol–water partition coefficient (Wildman–Crippen LogP) is 8.46. The van der Waals surface area contributed by atoms with Crippen molar-refractivity contribution in [2.24, 2.45) is 23.2 Å². The summed E-state index contributed by atoms with van der Waals surface area (Å²) < 4.78 is 12.8. The van der Waals surface area contributed by atoms with Crippen LogP contribution in [-0.2, 0) is 10.8 Å². The molecule has 0 heterocycles. The van der Waals surface area contributed by atoms with Gasteiger partial charge in [0.25, 0.3) is 0 Å². The predicted molar refractivity (Wildman–Crippen MR) is 153 cm³/mol. The van der Waals surface area contributed by atoms with E-state index in [4.69, 9.17) is 0 Å². The Morgan fingerprint density at radius 1 is 1.14 bits per heavy atom. The van der Waals surface area contributed by atoms with Crippen molar-refractivity contribution in [3.05, 3.63) is 47.6 Å². The first-order chi connectivity index (χ1) is 16.8. The highest BCUT2D eigenvalue weighted by molar-refractivity contribution is 7.86. The molecule has 0 radical (unpaired) electrons. The molecule has 0 amide bonds. The summed E-state index contributed by atoms with van der Waals surface area (Å²) in [5, 5.41) is 10.1. The second-order valence-electron chi connectivity index (χ2n) is 11.7. The second kappa shape index (κ2) is 12.5. The molecule has 4 aliphatic rings. The third kappa shape index (κ3) is 6.50. The van der Waals surface area contributed by atoms with Gasteiger partial charge in [-0.25, -0.2) is 0 Å². The summed E-state index contributed by atoms with van der Waals surface area (Å²) in [5.74, 6) is 2.80. The third-order valence-corrected chi connectivity index (χ3v) is 11.6. The average Bonchev–Trinajstić information content (AvgIpc) is 3.57. The molecular weight excluding hydrogens is 448 g/mol. The maximum absolute atomic E-state index is 12.8. The number of unbranched alkanes of at least 4 members (excludes halogenated alkanes) is 1. The van der Waals surface area contributed by atoms with Gasteiger partial charge in [-0.3, -0.25) is 4.21 Å². The van der Waals surface area contributed by atoms with Gasteiger partial charge in [-0.05, 0) is 99.4 Å². The molecule has 4 fully saturated rings. The fourth-order valence-electron chi connectivity index (χ4n) is 7.07. The molecule has 0 saturated heterocycles. The van der Waals surface area contributed by atoms with Crippen LogP contribution in [0.1, 0.15) is 112 Å². The van der Waals surface area contributed by atoms with Crippen molar-refractivity contribution in [3.63, 3.8) is 0 Å². The van der Waals surface area contributed by atoms with E-state index in [1.165, 1.54) is 43.3 Å². The molecule has 198 valence electrons. The van der Waals surface area contributed by atoms with Gasteiger partial charge in [0.15, 0.2) is 0 Å². The molecule has 2 nitrogen and oxygen atoms in total. The first kappa shape index (κ1) is 28.6. The zero-order valence-corrected chi connectivity index (χ0v) is 24.1. The van der Waals surface area contributed by atoms with Crippen molar-refractivity contribution in [1.29, 1.82) is 0 Å². The molecule has 4 rings (SSSR count). The van der Waals surface area contributed by atoms with Crippen molar-refractivity contribution in [2.75, 3.05) is 5.75 Å². The number of fused-ring (bicyclic) bond motifs is 1. The molecule has 0 aromatic carbocycles. The van der Waals surface area contributed by atoms with E-state index in [0.717, 1.165) is 50.7 Å². The fraction of sp³-hybridized carbons (Fsp3) is 0.750. The quantitative estimate of drug-likeness (QED) is 0.339. The van der Waals surface area contributed by atoms with Crippen molar-refractivity contribution in [3.8, 4) is 0 Å². The molecule has 0 aromatic rings. The van der Waals surface area contributed by atoms with Crippen LogP contribution >= 0.6 is 0 Å². The molecule has 6 unspecified atom stereocenters. The number of aliphatic hydroxyl groups is 1. The van der Waals surface area contributed by atoms with Crippen LogP contribution in [0.25, 0.3) is 0 Å². The first-order valence-corrected chi connectivity index (χ1v) is 15.9. The standard InChI is InChI=1S/C30H46O2S.C2H6/c1-5-6-20-33(32)30(18-19-30)17-15-23(3)27-13-14-28-24(8-7-16-29(27,28)4)10-11-25-21-26(31)12-9-22(25)2;1-2/h10-11,15,17,23,26-28,31H,2,5-9,12-14,16,18-21H2,1,3-4H3;1-2H3/b17-15+,24-10+,25-11-;. The number of rotatable bonds is 8. The van der Waals surface area contributed by atoms with Crippen LogP contribution in [0.3, 0.4) is 0 Å². The SMILES string of the molecule is C=C1CCC(O)C/C1=C/C=C1\CCCC2(C)C1CCC2C(C)/C=C/C1(S(=O)CCCC)CC1.CC. The van der Waals surface area contributed by atoms with Crippen LogP contribution < -0.4 is 0 Å². The number of aliphatic hydroxyl groups excluding tert-OH is 1. The maximum atomic E-state index is 12.8. The molecule has 0 aromatic heterocycles. The van der Waals surface area contributed by atoms with Crippen LogP contribution in [-0.4, -0.2) is 25.9 Å². The monoisotopic (exact) mass is 500 g/mol. The Bertz CT molecular complexity index is 846. The fourth-order valence-corrected chi connectivity index (χ4v) is 8.82. The second-order valence-corrected chi connectivity index (χ2v) is 13.6. The van der Waals surface area contributed by atoms with Crippen LogP contribution in [0.15, 0.2) is 47.6 Å². The van der Waals surface area contributed by atoms with Crippen LogP contribution in [0, 0.1) is 23.2 Å². The van der Waals surface area contributed by atoms with Gasteiger partial charge < -0.3 is 5.11 Å². The van der Waals surface area contributed by atoms with Crippen molar-refractivity contribution >= 4 is 10.8 Å². The lowest BCUT2D eigenvalue weighted by molar-refractivity contribution is 0.112. The van der Waals surface area contributed by atoms with E-state index in [1.54, 1.807) is 5.57 Å². The smallest absolute Gasteiger partial charge is 0.0639 e. The number of hydrogen-bond donors (Lipinski definition) is 1. The Labute approximate surface area is 218 Å². The molecule has 4 saturated carbocycles. The molecule has 3 heteroatoms. The lowest BCUT2D eigenvalue weighted by Gasteiger charge is -2.44. The number of allylic oxidation sites excluding steroid dienone is 5. The summed E-state index contributed by atoms with van der Waals surface area (Å²) in [7, 11) is -0.699. The highest BCUT2D eigenvalue weighted by Gasteiger charge is 2.51. The summed E-state index contributed by atoms with van der Waals surface area (Å²) >= 11 is 0. The van der Waals surface area contributed by atoms with Crippen molar-refractivity contribution in [2.45, 2.75) is 123 Å². The summed E-state index contributed by atoms with van der Waals surface area (Å²) in [6.07, 6.45) is 22.7. The van der Waals surface area contributed by atoms with Gasteiger partial charge >= 0.3 is 0 Å². The minimum absolute atomic E-state index is 0.000884. The van der Waals surface area contributed by atoms with Crippen molar-refractivity contribution < 1.29 is 9.32 Å². The topological polar surface area (TPSA) is 37.3 Å². The Hall–Kier alpha value is -0.930. The summed E-state index contributed by atoms with van der Waals surface area (Å²) in [5.41, 5.74) is 4.46. The van der Waals surface area contributed by atoms with Crippen LogP contribution in [0.5, 0.6) is 0 Å². The zero-order valence-electron chi connectivity index (χ0n) is 23.3. The van der Waals surface area contributed by atoms with E-state index >= 15 is 0 Å². The normalized spacial score (nSPS) is 36.1. The Balaban J connectivity index is 0.00000167. The van der Waals surface area contributed by atoms with E-state index in [9.17, 15) is 9.32 Å². The lowest BCUT2D eigenvalue weighted by atomic mass is 9.61. The van der Waals surface area contributed by atoms with Gasteiger partial charge in [-0.2, -0.15) is 0 Å². The molecule has 4 aliphatic carbocycles. The van der Waals surface area contributed by atoms with E-state index in [1.807, 2.05) is 13.8 Å². The minimum atomic E-state index is -0.699. The van der Waals surface area contributed by atoms with Crippen LogP contribution in [0.2, 0.25) is 0 Å². The summed E-state index contributed by atoms with van der Waals surface area (Å²) in [4.78, 5) is 0. The molecule has 0 spiro atoms. The molecule has 35 heavy (non-hydrogen) atoms. The zero-order chi connectivity index (χ0) is 25.6. The Morgan fingerprint density at radius 3 is 2.57 bits per heavy atom. The highest BCUT2D eigenvalue weighted by Crippen LogP contribution is 2.59. The molecule has 0 aliphatic heterocycles. The number of hydrogen-bond acceptors (Lipinski definition) is 2. The minimum Gasteiger partial charge on any atom is -0.393 e. The van der Waals surface area contributed by atoms with E-state index in [2.05, 4.69) is 51.7 Å². The summed E-state index contributed by atoms with van der Waals surface area (Å²) in [6, 6.07) is 0. The van der Waals surface area contributed by atoms with E-state index in [0.29, 0.717) is 23.2 Å². The van der Waals surface area contributed by atoms with Crippen molar-refractivity contribution in [1.82, 2.24) is 0 Å². The Kier molecular flexibility index (Phi) is 10.3. The molecule has 1 N–H and O–H groups in total. The maximum Gasteiger partial charge on any atom is 0.0639 e. The lowest BCUT2D eigenvalue weighted by Crippen LogP contribution is -2.35. The van der Waals surface area contributed by atoms with Gasteiger partial charge in [-0.15, -0.1) is 0 Å². The summed E-state index contributed by atoms with van der Waals surface area (Å²) in [6.45, 7) is 15.4. The highest BCUT2D eigenvalue weighted by atomic mass is 32.2.